The summed E-state index contributed by atoms with van der Waals surface area (Å²) in [6, 6.07) is 6.97. The summed E-state index contributed by atoms with van der Waals surface area (Å²) in [5.74, 6) is 0.0637. The molecule has 0 radical (unpaired) electrons. The van der Waals surface area contributed by atoms with Gasteiger partial charge in [0.15, 0.2) is 0 Å². The Hall–Kier alpha value is -3.11. The molecule has 1 amide bonds. The van der Waals surface area contributed by atoms with E-state index in [1.807, 2.05) is 6.92 Å². The number of carbonyl (C=O) groups excluding carboxylic acids is 1. The molecule has 12 heteroatoms. The number of nitrogens with one attached hydrogen (secondary N) is 1. The molecule has 4 aromatic rings. The highest BCUT2D eigenvalue weighted by atomic mass is 35.5. The molecule has 1 atom stereocenters. The number of H-pyrrole nitrogens is 1. The number of carbonyl (C=O) groups is 1. The topological polar surface area (TPSA) is 79.7 Å². The van der Waals surface area contributed by atoms with E-state index in [2.05, 4.69) is 20.2 Å². The van der Waals surface area contributed by atoms with Crippen LogP contribution in [0.2, 0.25) is 10.0 Å². The van der Waals surface area contributed by atoms with Gasteiger partial charge in [-0.2, -0.15) is 28.2 Å². The fourth-order valence-corrected chi connectivity index (χ4v) is 4.82. The molecule has 1 fully saturated rings. The monoisotopic (exact) mass is 508 g/mol. The zero-order valence-corrected chi connectivity index (χ0v) is 19.2. The van der Waals surface area contributed by atoms with Gasteiger partial charge in [0, 0.05) is 11.6 Å². The van der Waals surface area contributed by atoms with Gasteiger partial charge in [-0.25, -0.2) is 4.98 Å². The lowest BCUT2D eigenvalue weighted by Crippen LogP contribution is -2.44. The number of imidazole rings is 1. The molecule has 3 heterocycles. The van der Waals surface area contributed by atoms with E-state index >= 15 is 0 Å². The largest absolute Gasteiger partial charge is 0.417 e. The fourth-order valence-electron chi connectivity index (χ4n) is 4.38. The standard InChI is InChI=1S/C22H17Cl2F3N6O/c1-21(20-30-16-10-14(22(25,26)27)15(24)11-17(16)31-20)5-2-8-32(21)19(34)13-9-12(23)3-4-18(13)33-28-6-7-29-33/h3-4,6-7,9-11H,2,5,8H2,1H3,(H,30,31). The van der Waals surface area contributed by atoms with Gasteiger partial charge in [0.1, 0.15) is 5.82 Å². The molecule has 0 spiro atoms. The highest BCUT2D eigenvalue weighted by Gasteiger charge is 2.44. The summed E-state index contributed by atoms with van der Waals surface area (Å²) in [6.45, 7) is 2.26. The van der Waals surface area contributed by atoms with Gasteiger partial charge in [-0.3, -0.25) is 4.79 Å². The molecule has 1 saturated heterocycles. The first-order valence-electron chi connectivity index (χ1n) is 10.3. The quantitative estimate of drug-likeness (QED) is 0.389. The fraction of sp³-hybridized carbons (Fsp3) is 0.273. The van der Waals surface area contributed by atoms with Crippen LogP contribution in [0, 0.1) is 0 Å². The lowest BCUT2D eigenvalue weighted by molar-refractivity contribution is -0.137. The van der Waals surface area contributed by atoms with Crippen molar-refractivity contribution in [2.45, 2.75) is 31.5 Å². The lowest BCUT2D eigenvalue weighted by atomic mass is 9.97. The first-order valence-corrected chi connectivity index (χ1v) is 11.1. The average Bonchev–Trinajstić information content (AvgIpc) is 3.51. The summed E-state index contributed by atoms with van der Waals surface area (Å²) in [7, 11) is 0. The molecule has 1 aliphatic heterocycles. The highest BCUT2D eigenvalue weighted by molar-refractivity contribution is 6.32. The first-order chi connectivity index (χ1) is 16.1. The third-order valence-electron chi connectivity index (χ3n) is 6.10. The van der Waals surface area contributed by atoms with E-state index in [4.69, 9.17) is 23.2 Å². The van der Waals surface area contributed by atoms with Crippen molar-refractivity contribution >= 4 is 40.1 Å². The Morgan fingerprint density at radius 2 is 1.88 bits per heavy atom. The van der Waals surface area contributed by atoms with E-state index in [0.717, 1.165) is 6.07 Å². The number of nitrogens with zero attached hydrogens (tertiary/aromatic N) is 5. The first kappa shape index (κ1) is 22.7. The number of aromatic amines is 1. The minimum absolute atomic E-state index is 0.122. The van der Waals surface area contributed by atoms with Crippen LogP contribution in [0.15, 0.2) is 42.7 Å². The van der Waals surface area contributed by atoms with Crippen molar-refractivity contribution in [3.8, 4) is 5.69 Å². The zero-order valence-electron chi connectivity index (χ0n) is 17.7. The molecular weight excluding hydrogens is 492 g/mol. The molecule has 2 aromatic carbocycles. The number of aromatic nitrogens is 5. The summed E-state index contributed by atoms with van der Waals surface area (Å²) in [6.07, 6.45) is -0.361. The number of likely N-dealkylation sites (tertiary alicyclic amines) is 1. The minimum Gasteiger partial charge on any atom is -0.340 e. The van der Waals surface area contributed by atoms with Crippen molar-refractivity contribution < 1.29 is 18.0 Å². The van der Waals surface area contributed by atoms with Gasteiger partial charge in [-0.15, -0.1) is 0 Å². The normalized spacial score (nSPS) is 18.7. The number of benzene rings is 2. The molecular formula is C22H17Cl2F3N6O. The van der Waals surface area contributed by atoms with Gasteiger partial charge in [0.05, 0.1) is 50.8 Å². The van der Waals surface area contributed by atoms with Crippen LogP contribution < -0.4 is 0 Å². The van der Waals surface area contributed by atoms with E-state index in [0.29, 0.717) is 47.0 Å². The Kier molecular flexibility index (Phi) is 5.33. The molecule has 34 heavy (non-hydrogen) atoms. The number of amides is 1. The maximum Gasteiger partial charge on any atom is 0.417 e. The Balaban J connectivity index is 1.57. The zero-order chi connectivity index (χ0) is 24.3. The van der Waals surface area contributed by atoms with Crippen molar-refractivity contribution in [2.75, 3.05) is 6.54 Å². The number of hydrogen-bond donors (Lipinski definition) is 1. The van der Waals surface area contributed by atoms with E-state index in [-0.39, 0.29) is 11.4 Å². The predicted molar refractivity (Wildman–Crippen MR) is 120 cm³/mol. The molecule has 1 N–H and O–H groups in total. The summed E-state index contributed by atoms with van der Waals surface area (Å²) in [4.78, 5) is 24.2. The smallest absolute Gasteiger partial charge is 0.340 e. The molecule has 1 aliphatic rings. The highest BCUT2D eigenvalue weighted by Crippen LogP contribution is 2.41. The second-order valence-electron chi connectivity index (χ2n) is 8.25. The molecule has 0 saturated carbocycles. The van der Waals surface area contributed by atoms with Crippen molar-refractivity contribution in [3.05, 3.63) is 69.7 Å². The molecule has 176 valence electrons. The molecule has 0 bridgehead atoms. The van der Waals surface area contributed by atoms with Gasteiger partial charge in [0.2, 0.25) is 0 Å². The number of hydrogen-bond acceptors (Lipinski definition) is 4. The Bertz CT molecular complexity index is 1400. The van der Waals surface area contributed by atoms with Crippen LogP contribution in [0.25, 0.3) is 16.7 Å². The number of rotatable bonds is 3. The predicted octanol–water partition coefficient (Wildman–Crippen LogP) is 5.62. The maximum atomic E-state index is 13.7. The van der Waals surface area contributed by atoms with Crippen LogP contribution in [0.3, 0.4) is 0 Å². The second kappa shape index (κ2) is 7.99. The Labute approximate surface area is 201 Å². The third-order valence-corrected chi connectivity index (χ3v) is 6.64. The van der Waals surface area contributed by atoms with Crippen LogP contribution in [-0.4, -0.2) is 42.3 Å². The summed E-state index contributed by atoms with van der Waals surface area (Å²) >= 11 is 12.1. The van der Waals surface area contributed by atoms with Gasteiger partial charge in [-0.05, 0) is 50.1 Å². The van der Waals surface area contributed by atoms with Gasteiger partial charge in [0.25, 0.3) is 5.91 Å². The molecule has 2 aromatic heterocycles. The van der Waals surface area contributed by atoms with Crippen molar-refractivity contribution in [1.82, 2.24) is 29.9 Å². The van der Waals surface area contributed by atoms with Crippen molar-refractivity contribution in [1.29, 1.82) is 0 Å². The third kappa shape index (κ3) is 3.70. The number of alkyl halides is 3. The molecule has 1 unspecified atom stereocenters. The van der Waals surface area contributed by atoms with Gasteiger partial charge < -0.3 is 9.88 Å². The minimum atomic E-state index is -4.60. The van der Waals surface area contributed by atoms with Crippen molar-refractivity contribution in [3.63, 3.8) is 0 Å². The van der Waals surface area contributed by atoms with E-state index in [9.17, 15) is 18.0 Å². The lowest BCUT2D eigenvalue weighted by Gasteiger charge is -2.34. The molecule has 0 aliphatic carbocycles. The summed E-state index contributed by atoms with van der Waals surface area (Å²) in [5.41, 5.74) is -0.609. The van der Waals surface area contributed by atoms with E-state index in [1.165, 1.54) is 23.3 Å². The van der Waals surface area contributed by atoms with Crippen molar-refractivity contribution in [2.24, 2.45) is 0 Å². The molecule has 7 nitrogen and oxygen atoms in total. The van der Waals surface area contributed by atoms with Crippen LogP contribution in [-0.2, 0) is 11.7 Å². The van der Waals surface area contributed by atoms with E-state index in [1.54, 1.807) is 23.1 Å². The molecule has 5 rings (SSSR count). The Morgan fingerprint density at radius 1 is 1.15 bits per heavy atom. The summed E-state index contributed by atoms with van der Waals surface area (Å²) in [5, 5.41) is 8.18. The number of halogens is 5. The maximum absolute atomic E-state index is 13.7. The van der Waals surface area contributed by atoms with Crippen LogP contribution in [0.5, 0.6) is 0 Å². The van der Waals surface area contributed by atoms with Crippen LogP contribution in [0.4, 0.5) is 13.2 Å². The summed E-state index contributed by atoms with van der Waals surface area (Å²) < 4.78 is 39.9. The van der Waals surface area contributed by atoms with Gasteiger partial charge >= 0.3 is 6.18 Å². The van der Waals surface area contributed by atoms with Gasteiger partial charge in [-0.1, -0.05) is 23.2 Å². The van der Waals surface area contributed by atoms with Crippen LogP contribution >= 0.6 is 23.2 Å². The average molecular weight is 509 g/mol. The second-order valence-corrected chi connectivity index (χ2v) is 9.09. The SMILES string of the molecule is CC1(c2nc3cc(C(F)(F)F)c(Cl)cc3[nH]2)CCCN1C(=O)c1cc(Cl)ccc1-n1nccn1. The van der Waals surface area contributed by atoms with E-state index < -0.39 is 22.3 Å². The Morgan fingerprint density at radius 3 is 2.59 bits per heavy atom. The number of fused-ring (bicyclic) bond motifs is 1. The van der Waals surface area contributed by atoms with Crippen LogP contribution in [0.1, 0.15) is 41.5 Å².